The van der Waals surface area contributed by atoms with E-state index in [1.807, 2.05) is 0 Å². The van der Waals surface area contributed by atoms with E-state index in [-0.39, 0.29) is 0 Å². The van der Waals surface area contributed by atoms with Gasteiger partial charge >= 0.3 is 0 Å². The standard InChI is InChI=1S/C15H23N/c1-3-13-6-4-5-7-15(13)12(2)14-8-10-16-11-9-14/h4-7,12,14,16H,3,8-11H2,1-2H3. The van der Waals surface area contributed by atoms with Gasteiger partial charge in [-0.3, -0.25) is 0 Å². The van der Waals surface area contributed by atoms with Crippen LogP contribution in [-0.4, -0.2) is 13.1 Å². The third kappa shape index (κ3) is 2.46. The Morgan fingerprint density at radius 2 is 1.94 bits per heavy atom. The summed E-state index contributed by atoms with van der Waals surface area (Å²) in [6.45, 7) is 7.06. The summed E-state index contributed by atoms with van der Waals surface area (Å²) in [6.07, 6.45) is 3.82. The first-order valence-corrected chi connectivity index (χ1v) is 6.61. The molecule has 1 heterocycles. The summed E-state index contributed by atoms with van der Waals surface area (Å²) in [5.74, 6) is 1.59. The fourth-order valence-corrected chi connectivity index (χ4v) is 2.90. The van der Waals surface area contributed by atoms with Gasteiger partial charge < -0.3 is 5.32 Å². The molecule has 1 saturated heterocycles. The first kappa shape index (κ1) is 11.7. The van der Waals surface area contributed by atoms with Crippen LogP contribution in [0.25, 0.3) is 0 Å². The zero-order valence-electron chi connectivity index (χ0n) is 10.5. The number of aryl methyl sites for hydroxylation is 1. The zero-order valence-corrected chi connectivity index (χ0v) is 10.5. The summed E-state index contributed by atoms with van der Waals surface area (Å²) in [4.78, 5) is 0. The molecular weight excluding hydrogens is 194 g/mol. The van der Waals surface area contributed by atoms with Gasteiger partial charge in [0.15, 0.2) is 0 Å². The first-order valence-electron chi connectivity index (χ1n) is 6.61. The van der Waals surface area contributed by atoms with Crippen LogP contribution in [0.3, 0.4) is 0 Å². The second-order valence-electron chi connectivity index (χ2n) is 4.93. The molecule has 1 aliphatic heterocycles. The maximum absolute atomic E-state index is 3.45. The molecule has 0 amide bonds. The largest absolute Gasteiger partial charge is 0.317 e. The lowest BCUT2D eigenvalue weighted by Crippen LogP contribution is -2.30. The highest BCUT2D eigenvalue weighted by molar-refractivity contribution is 5.30. The molecule has 0 aromatic heterocycles. The van der Waals surface area contributed by atoms with Crippen molar-refractivity contribution in [3.63, 3.8) is 0 Å². The Labute approximate surface area is 99.3 Å². The van der Waals surface area contributed by atoms with Crippen molar-refractivity contribution in [3.05, 3.63) is 35.4 Å². The van der Waals surface area contributed by atoms with Gasteiger partial charge in [-0.1, -0.05) is 38.1 Å². The van der Waals surface area contributed by atoms with Crippen LogP contribution in [0.2, 0.25) is 0 Å². The predicted molar refractivity (Wildman–Crippen MR) is 69.8 cm³/mol. The molecule has 0 radical (unpaired) electrons. The van der Waals surface area contributed by atoms with Gasteiger partial charge in [0.2, 0.25) is 0 Å². The maximum Gasteiger partial charge on any atom is -0.00461 e. The number of piperidine rings is 1. The van der Waals surface area contributed by atoms with Crippen LogP contribution in [0, 0.1) is 5.92 Å². The van der Waals surface area contributed by atoms with Crippen LogP contribution < -0.4 is 5.32 Å². The van der Waals surface area contributed by atoms with Gasteiger partial charge in [0.25, 0.3) is 0 Å². The van der Waals surface area contributed by atoms with Crippen molar-refractivity contribution in [1.29, 1.82) is 0 Å². The van der Waals surface area contributed by atoms with E-state index in [0.717, 1.165) is 18.3 Å². The van der Waals surface area contributed by atoms with E-state index < -0.39 is 0 Å². The first-order chi connectivity index (χ1) is 7.83. The minimum absolute atomic E-state index is 0.721. The topological polar surface area (TPSA) is 12.0 Å². The average Bonchev–Trinajstić information content (AvgIpc) is 2.39. The van der Waals surface area contributed by atoms with Gasteiger partial charge in [0, 0.05) is 0 Å². The minimum atomic E-state index is 0.721. The Morgan fingerprint density at radius 1 is 1.25 bits per heavy atom. The van der Waals surface area contributed by atoms with E-state index >= 15 is 0 Å². The third-order valence-corrected chi connectivity index (χ3v) is 4.02. The van der Waals surface area contributed by atoms with Gasteiger partial charge in [0.1, 0.15) is 0 Å². The van der Waals surface area contributed by atoms with Crippen LogP contribution in [0.15, 0.2) is 24.3 Å². The normalized spacial score (nSPS) is 19.6. The van der Waals surface area contributed by atoms with E-state index in [2.05, 4.69) is 43.4 Å². The molecule has 1 aliphatic rings. The molecule has 0 saturated carbocycles. The predicted octanol–water partition coefficient (Wildman–Crippen LogP) is 3.35. The van der Waals surface area contributed by atoms with E-state index in [4.69, 9.17) is 0 Å². The van der Waals surface area contributed by atoms with Crippen molar-refractivity contribution >= 4 is 0 Å². The lowest BCUT2D eigenvalue weighted by Gasteiger charge is -2.29. The van der Waals surface area contributed by atoms with Crippen molar-refractivity contribution in [2.24, 2.45) is 5.92 Å². The van der Waals surface area contributed by atoms with E-state index in [0.29, 0.717) is 0 Å². The van der Waals surface area contributed by atoms with E-state index in [1.54, 1.807) is 5.56 Å². The lowest BCUT2D eigenvalue weighted by atomic mass is 9.80. The Balaban J connectivity index is 2.15. The summed E-state index contributed by atoms with van der Waals surface area (Å²) in [5, 5.41) is 3.45. The SMILES string of the molecule is CCc1ccccc1C(C)C1CCNCC1. The summed E-state index contributed by atoms with van der Waals surface area (Å²) in [7, 11) is 0. The molecule has 1 aromatic carbocycles. The molecule has 1 fully saturated rings. The summed E-state index contributed by atoms with van der Waals surface area (Å²) in [5.41, 5.74) is 3.12. The van der Waals surface area contributed by atoms with Crippen molar-refractivity contribution in [3.8, 4) is 0 Å². The molecule has 1 aromatic rings. The highest BCUT2D eigenvalue weighted by Crippen LogP contribution is 2.32. The molecule has 1 nitrogen and oxygen atoms in total. The Morgan fingerprint density at radius 3 is 2.62 bits per heavy atom. The van der Waals surface area contributed by atoms with Crippen molar-refractivity contribution in [2.75, 3.05) is 13.1 Å². The Bertz CT molecular complexity index is 326. The molecule has 0 aliphatic carbocycles. The number of benzene rings is 1. The van der Waals surface area contributed by atoms with Crippen LogP contribution in [0.5, 0.6) is 0 Å². The van der Waals surface area contributed by atoms with Crippen LogP contribution in [0.4, 0.5) is 0 Å². The van der Waals surface area contributed by atoms with Crippen LogP contribution in [-0.2, 0) is 6.42 Å². The molecule has 88 valence electrons. The van der Waals surface area contributed by atoms with Gasteiger partial charge in [-0.05, 0) is 55.3 Å². The molecular formula is C15H23N. The lowest BCUT2D eigenvalue weighted by molar-refractivity contribution is 0.329. The molecule has 0 spiro atoms. The second-order valence-corrected chi connectivity index (χ2v) is 4.93. The van der Waals surface area contributed by atoms with Crippen LogP contribution in [0.1, 0.15) is 43.7 Å². The molecule has 0 bridgehead atoms. The monoisotopic (exact) mass is 217 g/mol. The van der Waals surface area contributed by atoms with Gasteiger partial charge in [-0.15, -0.1) is 0 Å². The fourth-order valence-electron chi connectivity index (χ4n) is 2.90. The summed E-state index contributed by atoms with van der Waals surface area (Å²) < 4.78 is 0. The molecule has 16 heavy (non-hydrogen) atoms. The average molecular weight is 217 g/mol. The van der Waals surface area contributed by atoms with E-state index in [9.17, 15) is 0 Å². The van der Waals surface area contributed by atoms with Gasteiger partial charge in [-0.25, -0.2) is 0 Å². The number of hydrogen-bond donors (Lipinski definition) is 1. The number of rotatable bonds is 3. The fraction of sp³-hybridized carbons (Fsp3) is 0.600. The third-order valence-electron chi connectivity index (χ3n) is 4.02. The molecule has 1 heteroatoms. The molecule has 1 N–H and O–H groups in total. The van der Waals surface area contributed by atoms with Crippen molar-refractivity contribution in [1.82, 2.24) is 5.32 Å². The van der Waals surface area contributed by atoms with E-state index in [1.165, 1.54) is 31.5 Å². The van der Waals surface area contributed by atoms with Gasteiger partial charge in [0.05, 0.1) is 0 Å². The van der Waals surface area contributed by atoms with Crippen molar-refractivity contribution < 1.29 is 0 Å². The van der Waals surface area contributed by atoms with Crippen LogP contribution >= 0.6 is 0 Å². The Hall–Kier alpha value is -0.820. The zero-order chi connectivity index (χ0) is 11.4. The van der Waals surface area contributed by atoms with Gasteiger partial charge in [-0.2, -0.15) is 0 Å². The molecule has 1 unspecified atom stereocenters. The number of nitrogens with one attached hydrogen (secondary N) is 1. The number of hydrogen-bond acceptors (Lipinski definition) is 1. The molecule has 2 rings (SSSR count). The summed E-state index contributed by atoms with van der Waals surface area (Å²) in [6, 6.07) is 8.96. The highest BCUT2D eigenvalue weighted by Gasteiger charge is 2.22. The molecule has 1 atom stereocenters. The quantitative estimate of drug-likeness (QED) is 0.818. The highest BCUT2D eigenvalue weighted by atomic mass is 14.9. The second kappa shape index (κ2) is 5.49. The summed E-state index contributed by atoms with van der Waals surface area (Å²) >= 11 is 0. The minimum Gasteiger partial charge on any atom is -0.317 e. The maximum atomic E-state index is 3.45. The van der Waals surface area contributed by atoms with Crippen molar-refractivity contribution in [2.45, 2.75) is 39.0 Å². The smallest absolute Gasteiger partial charge is 0.00461 e. The Kier molecular flexibility index (Phi) is 4.00.